The number of carbonyl (C=O) groups is 1. The van der Waals surface area contributed by atoms with E-state index in [2.05, 4.69) is 10.4 Å². The van der Waals surface area contributed by atoms with Crippen LogP contribution in [0.3, 0.4) is 0 Å². The van der Waals surface area contributed by atoms with Crippen molar-refractivity contribution in [3.05, 3.63) is 69.9 Å². The fraction of sp³-hybridized carbons (Fsp3) is 0.417. The minimum atomic E-state index is -4.41. The second-order valence-electron chi connectivity index (χ2n) is 8.62. The first-order valence-electron chi connectivity index (χ1n) is 11.0. The van der Waals surface area contributed by atoms with Crippen molar-refractivity contribution in [1.82, 2.24) is 15.1 Å². The van der Waals surface area contributed by atoms with Gasteiger partial charge in [0.15, 0.2) is 0 Å². The Morgan fingerprint density at radius 3 is 2.53 bits per heavy atom. The molecule has 1 aromatic heterocycles. The highest BCUT2D eigenvalue weighted by Crippen LogP contribution is 2.36. The zero-order valence-corrected chi connectivity index (χ0v) is 18.8. The van der Waals surface area contributed by atoms with E-state index in [9.17, 15) is 26.7 Å². The molecule has 0 radical (unpaired) electrons. The zero-order chi connectivity index (χ0) is 24.6. The first-order chi connectivity index (χ1) is 16.0. The summed E-state index contributed by atoms with van der Waals surface area (Å²) in [6, 6.07) is 7.04. The second-order valence-corrected chi connectivity index (χ2v) is 8.62. The van der Waals surface area contributed by atoms with Crippen LogP contribution in [0.2, 0.25) is 0 Å². The van der Waals surface area contributed by atoms with Crippen LogP contribution in [0.4, 0.5) is 27.8 Å². The van der Waals surface area contributed by atoms with Crippen molar-refractivity contribution in [2.45, 2.75) is 51.9 Å². The third kappa shape index (κ3) is 4.85. The molecule has 0 bridgehead atoms. The summed E-state index contributed by atoms with van der Waals surface area (Å²) in [4.78, 5) is 14.8. The van der Waals surface area contributed by atoms with Gasteiger partial charge >= 0.3 is 6.18 Å². The average Bonchev–Trinajstić information content (AvgIpc) is 3.34. The number of nitrogens with one attached hydrogen (secondary N) is 1. The van der Waals surface area contributed by atoms with E-state index in [1.807, 2.05) is 31.2 Å². The highest BCUT2D eigenvalue weighted by Gasteiger charge is 2.37. The quantitative estimate of drug-likeness (QED) is 0.544. The summed E-state index contributed by atoms with van der Waals surface area (Å²) in [5.74, 6) is -0.488. The minimum absolute atomic E-state index is 0.0712. The number of allylic oxidation sites excluding steroid dienone is 2. The molecular formula is C24H25F5N4O. The SMILES string of the molecule is Cc1ccc(C(C)NC(=O)c2c(C(F)F)nn3c2N(CC2=CCCC(C(F)(F)F)=C2)CC3)cc1. The maximum Gasteiger partial charge on any atom is 0.412 e. The van der Waals surface area contributed by atoms with Crippen molar-refractivity contribution in [2.75, 3.05) is 18.0 Å². The fourth-order valence-corrected chi connectivity index (χ4v) is 4.32. The molecule has 10 heteroatoms. The molecule has 0 fully saturated rings. The van der Waals surface area contributed by atoms with Gasteiger partial charge in [-0.1, -0.05) is 35.9 Å². The van der Waals surface area contributed by atoms with Gasteiger partial charge in [-0.05, 0) is 43.9 Å². The van der Waals surface area contributed by atoms with Gasteiger partial charge in [-0.25, -0.2) is 13.5 Å². The number of aromatic nitrogens is 2. The molecule has 1 atom stereocenters. The predicted molar refractivity (Wildman–Crippen MR) is 118 cm³/mol. The van der Waals surface area contributed by atoms with E-state index in [1.165, 1.54) is 4.68 Å². The largest absolute Gasteiger partial charge is 0.412 e. The lowest BCUT2D eigenvalue weighted by atomic mass is 9.98. The number of benzene rings is 1. The summed E-state index contributed by atoms with van der Waals surface area (Å²) < 4.78 is 68.4. The number of hydrogen-bond donors (Lipinski definition) is 1. The van der Waals surface area contributed by atoms with Gasteiger partial charge in [0.2, 0.25) is 0 Å². The molecule has 1 aliphatic heterocycles. The van der Waals surface area contributed by atoms with Gasteiger partial charge in [-0.3, -0.25) is 4.79 Å². The lowest BCUT2D eigenvalue weighted by Crippen LogP contribution is -2.31. The van der Waals surface area contributed by atoms with Gasteiger partial charge in [0.1, 0.15) is 17.1 Å². The Balaban J connectivity index is 1.61. The molecule has 1 N–H and O–H groups in total. The normalized spacial score (nSPS) is 16.9. The lowest BCUT2D eigenvalue weighted by molar-refractivity contribution is -0.0941. The average molecular weight is 480 g/mol. The fourth-order valence-electron chi connectivity index (χ4n) is 4.32. The smallest absolute Gasteiger partial charge is 0.350 e. The van der Waals surface area contributed by atoms with Crippen LogP contribution >= 0.6 is 0 Å². The van der Waals surface area contributed by atoms with Crippen molar-refractivity contribution >= 4 is 11.7 Å². The molecule has 0 saturated heterocycles. The first-order valence-corrected chi connectivity index (χ1v) is 11.0. The van der Waals surface area contributed by atoms with E-state index in [0.29, 0.717) is 12.1 Å². The van der Waals surface area contributed by atoms with Gasteiger partial charge in [0.25, 0.3) is 12.3 Å². The molecule has 182 valence electrons. The van der Waals surface area contributed by atoms with E-state index in [-0.39, 0.29) is 37.3 Å². The summed E-state index contributed by atoms with van der Waals surface area (Å²) in [6.07, 6.45) is -4.41. The number of aryl methyl sites for hydroxylation is 1. The maximum atomic E-state index is 13.8. The molecule has 1 unspecified atom stereocenters. The van der Waals surface area contributed by atoms with Crippen LogP contribution in [-0.4, -0.2) is 35.0 Å². The van der Waals surface area contributed by atoms with Crippen molar-refractivity contribution < 1.29 is 26.7 Å². The van der Waals surface area contributed by atoms with Gasteiger partial charge in [-0.15, -0.1) is 0 Å². The predicted octanol–water partition coefficient (Wildman–Crippen LogP) is 5.65. The van der Waals surface area contributed by atoms with Crippen LogP contribution in [0.15, 0.2) is 47.6 Å². The van der Waals surface area contributed by atoms with Crippen LogP contribution in [0, 0.1) is 6.92 Å². The van der Waals surface area contributed by atoms with E-state index in [1.54, 1.807) is 17.9 Å². The van der Waals surface area contributed by atoms with Crippen molar-refractivity contribution in [3.63, 3.8) is 0 Å². The van der Waals surface area contributed by atoms with E-state index < -0.39 is 35.8 Å². The van der Waals surface area contributed by atoms with Crippen LogP contribution in [0.5, 0.6) is 0 Å². The lowest BCUT2D eigenvalue weighted by Gasteiger charge is -2.23. The van der Waals surface area contributed by atoms with Gasteiger partial charge < -0.3 is 10.2 Å². The molecule has 0 saturated carbocycles. The van der Waals surface area contributed by atoms with Gasteiger partial charge in [0.05, 0.1) is 12.6 Å². The number of halogens is 5. The first kappa shape index (κ1) is 24.0. The molecule has 34 heavy (non-hydrogen) atoms. The Morgan fingerprint density at radius 2 is 1.88 bits per heavy atom. The van der Waals surface area contributed by atoms with E-state index in [4.69, 9.17) is 0 Å². The van der Waals surface area contributed by atoms with Crippen LogP contribution in [-0.2, 0) is 6.54 Å². The number of nitrogens with zero attached hydrogens (tertiary/aromatic N) is 3. The molecule has 2 aliphatic rings. The summed E-state index contributed by atoms with van der Waals surface area (Å²) >= 11 is 0. The third-order valence-corrected chi connectivity index (χ3v) is 6.11. The highest BCUT2D eigenvalue weighted by atomic mass is 19.4. The third-order valence-electron chi connectivity index (χ3n) is 6.11. The Bertz CT molecular complexity index is 1130. The van der Waals surface area contributed by atoms with E-state index in [0.717, 1.165) is 17.2 Å². The van der Waals surface area contributed by atoms with Crippen molar-refractivity contribution in [3.8, 4) is 0 Å². The minimum Gasteiger partial charge on any atom is -0.350 e. The highest BCUT2D eigenvalue weighted by molar-refractivity contribution is 6.01. The molecule has 1 aliphatic carbocycles. The standard InChI is InChI=1S/C24H25F5N4O/c1-14-6-8-17(9-7-14)15(2)30-22(34)19-20(21(25)26)31-33-11-10-32(23(19)33)13-16-4-3-5-18(12-16)24(27,28)29/h4,6-9,12,15,21H,3,5,10-11,13H2,1-2H3,(H,30,34). The number of anilines is 1. The molecule has 4 rings (SSSR count). The van der Waals surface area contributed by atoms with E-state index >= 15 is 0 Å². The molecule has 5 nitrogen and oxygen atoms in total. The summed E-state index contributed by atoms with van der Waals surface area (Å²) in [5, 5.41) is 6.72. The Morgan fingerprint density at radius 1 is 1.18 bits per heavy atom. The summed E-state index contributed by atoms with van der Waals surface area (Å²) in [5.41, 5.74) is 0.824. The van der Waals surface area contributed by atoms with Gasteiger partial charge in [-0.2, -0.15) is 18.3 Å². The zero-order valence-electron chi connectivity index (χ0n) is 18.8. The summed E-state index contributed by atoms with van der Waals surface area (Å²) in [7, 11) is 0. The maximum absolute atomic E-state index is 13.8. The number of fused-ring (bicyclic) bond motifs is 1. The van der Waals surface area contributed by atoms with Crippen LogP contribution < -0.4 is 10.2 Å². The summed E-state index contributed by atoms with van der Waals surface area (Å²) in [6.45, 7) is 4.37. The molecule has 0 spiro atoms. The van der Waals surface area contributed by atoms with Gasteiger partial charge in [0, 0.05) is 18.7 Å². The molecule has 1 amide bonds. The number of amides is 1. The molecular weight excluding hydrogens is 455 g/mol. The second kappa shape index (κ2) is 9.23. The van der Waals surface area contributed by atoms with Crippen molar-refractivity contribution in [1.29, 1.82) is 0 Å². The number of alkyl halides is 5. The Kier molecular flexibility index (Phi) is 6.51. The number of rotatable bonds is 6. The van der Waals surface area contributed by atoms with Crippen LogP contribution in [0.25, 0.3) is 0 Å². The number of hydrogen-bond acceptors (Lipinski definition) is 3. The van der Waals surface area contributed by atoms with Crippen LogP contribution in [0.1, 0.15) is 59.4 Å². The monoisotopic (exact) mass is 480 g/mol. The number of carbonyl (C=O) groups excluding carboxylic acids is 1. The molecule has 1 aromatic carbocycles. The molecule has 2 heterocycles. The molecule has 2 aromatic rings. The Hall–Kier alpha value is -3.17. The Labute approximate surface area is 193 Å². The topological polar surface area (TPSA) is 50.2 Å². The van der Waals surface area contributed by atoms with Crippen molar-refractivity contribution in [2.24, 2.45) is 0 Å².